The first-order valence-electron chi connectivity index (χ1n) is 6.83. The zero-order valence-electron chi connectivity index (χ0n) is 11.7. The fourth-order valence-corrected chi connectivity index (χ4v) is 3.62. The molecule has 0 bridgehead atoms. The van der Waals surface area contributed by atoms with E-state index in [1.165, 1.54) is 16.0 Å². The van der Waals surface area contributed by atoms with Gasteiger partial charge in [-0.2, -0.15) is 0 Å². The van der Waals surface area contributed by atoms with Gasteiger partial charge in [-0.15, -0.1) is 23.7 Å². The Bertz CT molecular complexity index is 530. The van der Waals surface area contributed by atoms with Crippen LogP contribution in [-0.4, -0.2) is 24.0 Å². The molecular weight excluding hydrogens is 288 g/mol. The number of halogens is 1. The summed E-state index contributed by atoms with van der Waals surface area (Å²) in [5.41, 5.74) is 8.71. The number of rotatable bonds is 3. The van der Waals surface area contributed by atoms with Crippen LogP contribution in [0.2, 0.25) is 0 Å². The molecule has 2 heterocycles. The molecule has 3 rings (SSSR count). The molecule has 4 heteroatoms. The van der Waals surface area contributed by atoms with Crippen LogP contribution in [0.15, 0.2) is 41.8 Å². The molecule has 1 saturated heterocycles. The van der Waals surface area contributed by atoms with E-state index in [0.717, 1.165) is 19.6 Å². The van der Waals surface area contributed by atoms with E-state index in [0.29, 0.717) is 12.0 Å². The molecule has 2 aromatic rings. The van der Waals surface area contributed by atoms with Crippen LogP contribution in [-0.2, 0) is 6.54 Å². The summed E-state index contributed by atoms with van der Waals surface area (Å²) in [4.78, 5) is 3.90. The van der Waals surface area contributed by atoms with Gasteiger partial charge in [0.2, 0.25) is 0 Å². The average molecular weight is 309 g/mol. The predicted molar refractivity (Wildman–Crippen MR) is 89.4 cm³/mol. The van der Waals surface area contributed by atoms with Gasteiger partial charge in [0, 0.05) is 30.6 Å². The lowest BCUT2D eigenvalue weighted by atomic mass is 10.1. The van der Waals surface area contributed by atoms with Gasteiger partial charge in [-0.3, -0.25) is 4.90 Å². The smallest absolute Gasteiger partial charge is 0.0328 e. The van der Waals surface area contributed by atoms with Crippen LogP contribution in [0.1, 0.15) is 11.8 Å². The second kappa shape index (κ2) is 6.72. The third kappa shape index (κ3) is 3.41. The Kier molecular flexibility index (Phi) is 5.22. The summed E-state index contributed by atoms with van der Waals surface area (Å²) >= 11 is 1.85. The number of benzene rings is 1. The van der Waals surface area contributed by atoms with Gasteiger partial charge in [0.1, 0.15) is 0 Å². The summed E-state index contributed by atoms with van der Waals surface area (Å²) in [6, 6.07) is 13.2. The topological polar surface area (TPSA) is 29.3 Å². The number of nitrogens with zero attached hydrogens (tertiary/aromatic N) is 1. The Hall–Kier alpha value is -0.870. The van der Waals surface area contributed by atoms with Crippen molar-refractivity contribution in [3.63, 3.8) is 0 Å². The van der Waals surface area contributed by atoms with Crippen molar-refractivity contribution in [2.24, 2.45) is 11.7 Å². The molecule has 0 saturated carbocycles. The van der Waals surface area contributed by atoms with Crippen molar-refractivity contribution in [3.05, 3.63) is 46.7 Å². The van der Waals surface area contributed by atoms with Crippen molar-refractivity contribution in [1.29, 1.82) is 0 Å². The number of thiophene rings is 1. The highest BCUT2D eigenvalue weighted by molar-refractivity contribution is 7.10. The molecule has 0 amide bonds. The highest BCUT2D eigenvalue weighted by Gasteiger charge is 2.26. The van der Waals surface area contributed by atoms with Crippen molar-refractivity contribution in [1.82, 2.24) is 4.90 Å². The summed E-state index contributed by atoms with van der Waals surface area (Å²) in [5.74, 6) is 0.619. The normalized spacial score (nSPS) is 22.7. The first kappa shape index (κ1) is 15.5. The molecule has 2 N–H and O–H groups in total. The molecule has 0 radical (unpaired) electrons. The van der Waals surface area contributed by atoms with Crippen LogP contribution >= 0.6 is 23.7 Å². The minimum atomic E-state index is 0. The molecule has 1 aromatic heterocycles. The van der Waals surface area contributed by atoms with Gasteiger partial charge < -0.3 is 5.73 Å². The van der Waals surface area contributed by atoms with Crippen molar-refractivity contribution >= 4 is 23.7 Å². The van der Waals surface area contributed by atoms with Gasteiger partial charge in [-0.05, 0) is 28.5 Å². The molecule has 2 atom stereocenters. The fourth-order valence-electron chi connectivity index (χ4n) is 2.69. The minimum Gasteiger partial charge on any atom is -0.326 e. The first-order valence-corrected chi connectivity index (χ1v) is 7.71. The number of hydrogen-bond acceptors (Lipinski definition) is 3. The molecule has 108 valence electrons. The second-order valence-electron chi connectivity index (χ2n) is 5.50. The number of nitrogens with two attached hydrogens (primary N) is 1. The zero-order valence-corrected chi connectivity index (χ0v) is 13.3. The summed E-state index contributed by atoms with van der Waals surface area (Å²) in [7, 11) is 0. The molecule has 1 fully saturated rings. The average Bonchev–Trinajstić information content (AvgIpc) is 2.99. The van der Waals surface area contributed by atoms with Gasteiger partial charge in [-0.25, -0.2) is 0 Å². The summed E-state index contributed by atoms with van der Waals surface area (Å²) in [6.45, 7) is 5.43. The number of likely N-dealkylation sites (tertiary alicyclic amines) is 1. The molecule has 2 nitrogen and oxygen atoms in total. The minimum absolute atomic E-state index is 0. The third-order valence-electron chi connectivity index (χ3n) is 3.89. The fraction of sp³-hybridized carbons (Fsp3) is 0.375. The van der Waals surface area contributed by atoms with Crippen LogP contribution in [0.3, 0.4) is 0 Å². The lowest BCUT2D eigenvalue weighted by molar-refractivity contribution is 0.322. The Morgan fingerprint density at radius 3 is 2.60 bits per heavy atom. The molecular formula is C16H21ClN2S. The van der Waals surface area contributed by atoms with Crippen molar-refractivity contribution in [2.45, 2.75) is 19.5 Å². The van der Waals surface area contributed by atoms with Crippen LogP contribution in [0.25, 0.3) is 11.1 Å². The van der Waals surface area contributed by atoms with Crippen LogP contribution in [0.4, 0.5) is 0 Å². The maximum Gasteiger partial charge on any atom is 0.0328 e. The van der Waals surface area contributed by atoms with E-state index in [2.05, 4.69) is 53.6 Å². The van der Waals surface area contributed by atoms with Gasteiger partial charge in [0.15, 0.2) is 0 Å². The third-order valence-corrected chi connectivity index (χ3v) is 4.81. The molecule has 0 aliphatic carbocycles. The predicted octanol–water partition coefficient (Wildman–Crippen LogP) is 3.62. The molecule has 1 aliphatic heterocycles. The van der Waals surface area contributed by atoms with E-state index in [-0.39, 0.29) is 12.4 Å². The lowest BCUT2D eigenvalue weighted by Crippen LogP contribution is -2.28. The Morgan fingerprint density at radius 1 is 1.20 bits per heavy atom. The van der Waals surface area contributed by atoms with Crippen LogP contribution < -0.4 is 5.73 Å². The molecule has 20 heavy (non-hydrogen) atoms. The van der Waals surface area contributed by atoms with Crippen LogP contribution in [0.5, 0.6) is 0 Å². The zero-order chi connectivity index (χ0) is 13.2. The van der Waals surface area contributed by atoms with Gasteiger partial charge in [0.05, 0.1) is 0 Å². The van der Waals surface area contributed by atoms with Crippen molar-refractivity contribution in [3.8, 4) is 11.1 Å². The van der Waals surface area contributed by atoms with Gasteiger partial charge >= 0.3 is 0 Å². The van der Waals surface area contributed by atoms with E-state index in [1.807, 2.05) is 11.3 Å². The maximum absolute atomic E-state index is 6.08. The summed E-state index contributed by atoms with van der Waals surface area (Å²) in [6.07, 6.45) is 0. The molecule has 0 spiro atoms. The standard InChI is InChI=1S/C16H20N2S.ClH/c1-12-8-18(10-16(12)17)9-15-7-14(11-19-15)13-5-3-2-4-6-13;/h2-7,11-12,16H,8-10,17H2,1H3;1H. The van der Waals surface area contributed by atoms with Crippen molar-refractivity contribution in [2.75, 3.05) is 13.1 Å². The highest BCUT2D eigenvalue weighted by atomic mass is 35.5. The molecule has 1 aromatic carbocycles. The van der Waals surface area contributed by atoms with Gasteiger partial charge in [-0.1, -0.05) is 37.3 Å². The maximum atomic E-state index is 6.08. The second-order valence-corrected chi connectivity index (χ2v) is 6.50. The SMILES string of the molecule is CC1CN(Cc2cc(-c3ccccc3)cs2)CC1N.Cl. The quantitative estimate of drug-likeness (QED) is 0.938. The summed E-state index contributed by atoms with van der Waals surface area (Å²) in [5, 5.41) is 2.25. The van der Waals surface area contributed by atoms with E-state index in [1.54, 1.807) is 0 Å². The first-order chi connectivity index (χ1) is 9.22. The van der Waals surface area contributed by atoms with Gasteiger partial charge in [0.25, 0.3) is 0 Å². The Morgan fingerprint density at radius 2 is 1.95 bits per heavy atom. The monoisotopic (exact) mass is 308 g/mol. The summed E-state index contributed by atoms with van der Waals surface area (Å²) < 4.78 is 0. The van der Waals surface area contributed by atoms with Crippen molar-refractivity contribution < 1.29 is 0 Å². The Labute approximate surface area is 131 Å². The highest BCUT2D eigenvalue weighted by Crippen LogP contribution is 2.27. The molecule has 1 aliphatic rings. The van der Waals surface area contributed by atoms with E-state index in [9.17, 15) is 0 Å². The number of hydrogen-bond donors (Lipinski definition) is 1. The molecule has 2 unspecified atom stereocenters. The van der Waals surface area contributed by atoms with E-state index >= 15 is 0 Å². The van der Waals surface area contributed by atoms with Crippen LogP contribution in [0, 0.1) is 5.92 Å². The lowest BCUT2D eigenvalue weighted by Gasteiger charge is -2.13. The largest absolute Gasteiger partial charge is 0.326 e. The van der Waals surface area contributed by atoms with E-state index < -0.39 is 0 Å². The van der Waals surface area contributed by atoms with E-state index in [4.69, 9.17) is 5.73 Å². The Balaban J connectivity index is 0.00000147.